The van der Waals surface area contributed by atoms with Crippen molar-refractivity contribution in [3.05, 3.63) is 76.2 Å². The van der Waals surface area contributed by atoms with Gasteiger partial charge in [-0.1, -0.05) is 29.8 Å². The number of nitrogens with zero attached hydrogens (tertiary/aromatic N) is 8. The van der Waals surface area contributed by atoms with E-state index < -0.39 is 11.6 Å². The maximum Gasteiger partial charge on any atom is 0.259 e. The maximum absolute atomic E-state index is 13.9. The molecule has 4 amide bonds. The Morgan fingerprint density at radius 3 is 2.45 bits per heavy atom. The molecular formula is C41H44ClN9O4S. The van der Waals surface area contributed by atoms with E-state index in [1.807, 2.05) is 23.1 Å². The number of thiocarbonyl (C=S) groups is 1. The lowest BCUT2D eigenvalue weighted by Gasteiger charge is -2.44. The maximum atomic E-state index is 13.9. The van der Waals surface area contributed by atoms with Crippen molar-refractivity contribution in [1.82, 2.24) is 29.9 Å². The Kier molecular flexibility index (Phi) is 9.68. The van der Waals surface area contributed by atoms with Crippen LogP contribution in [0.15, 0.2) is 54.4 Å². The van der Waals surface area contributed by atoms with E-state index in [0.717, 1.165) is 101 Å². The zero-order valence-corrected chi connectivity index (χ0v) is 32.7. The van der Waals surface area contributed by atoms with Crippen molar-refractivity contribution >= 4 is 63.9 Å². The van der Waals surface area contributed by atoms with Gasteiger partial charge in [0.1, 0.15) is 17.6 Å². The average molecular weight is 794 g/mol. The molecule has 6 heterocycles. The first kappa shape index (κ1) is 36.9. The van der Waals surface area contributed by atoms with E-state index >= 15 is 0 Å². The lowest BCUT2D eigenvalue weighted by molar-refractivity contribution is -0.137. The fourth-order valence-corrected chi connectivity index (χ4v) is 10.3. The van der Waals surface area contributed by atoms with Crippen LogP contribution >= 0.6 is 23.8 Å². The molecule has 5 aliphatic heterocycles. The van der Waals surface area contributed by atoms with Crippen LogP contribution in [0.2, 0.25) is 5.02 Å². The SMILES string of the molecule is N#Cc1ncc(N2C(=O)C3(CCC3)N(C3=CCC(N4CCC(CN5CCN(c6ccc7c(c6)C(=O)N(C6CCC(=O)NC6=O)C7)CC5)CC4)C=C3)C2=S)cc1Cl. The third-order valence-electron chi connectivity index (χ3n) is 13.0. The van der Waals surface area contributed by atoms with Gasteiger partial charge in [-0.25, -0.2) is 4.98 Å². The highest BCUT2D eigenvalue weighted by Crippen LogP contribution is 2.48. The Labute approximate surface area is 336 Å². The average Bonchev–Trinajstić information content (AvgIpc) is 3.64. The summed E-state index contributed by atoms with van der Waals surface area (Å²) >= 11 is 12.2. The lowest BCUT2D eigenvalue weighted by atomic mass is 9.75. The summed E-state index contributed by atoms with van der Waals surface area (Å²) in [7, 11) is 0. The molecular weight excluding hydrogens is 750 g/mol. The summed E-state index contributed by atoms with van der Waals surface area (Å²) in [5.74, 6) is -0.205. The number of carbonyl (C=O) groups is 4. The highest BCUT2D eigenvalue weighted by atomic mass is 35.5. The lowest BCUT2D eigenvalue weighted by Crippen LogP contribution is -2.54. The van der Waals surface area contributed by atoms with E-state index in [-0.39, 0.29) is 40.8 Å². The Morgan fingerprint density at radius 1 is 1.00 bits per heavy atom. The fraction of sp³-hybridized carbons (Fsp3) is 0.488. The van der Waals surface area contributed by atoms with Crippen LogP contribution in [0.25, 0.3) is 0 Å². The number of piperidine rings is 2. The number of hydrogen-bond acceptors (Lipinski definition) is 10. The minimum atomic E-state index is -0.689. The number of carbonyl (C=O) groups excluding carboxylic acids is 4. The van der Waals surface area contributed by atoms with Crippen molar-refractivity contribution in [2.45, 2.75) is 75.5 Å². The van der Waals surface area contributed by atoms with Gasteiger partial charge in [0.05, 0.1) is 16.9 Å². The van der Waals surface area contributed by atoms with E-state index in [0.29, 0.717) is 41.3 Å². The molecule has 1 saturated carbocycles. The van der Waals surface area contributed by atoms with Gasteiger partial charge in [-0.05, 0) is 106 Å². The number of anilines is 2. The normalized spacial score (nSPS) is 25.8. The molecule has 15 heteroatoms. The molecule has 2 aromatic rings. The third-order valence-corrected chi connectivity index (χ3v) is 13.6. The van der Waals surface area contributed by atoms with Crippen molar-refractivity contribution < 1.29 is 19.2 Å². The number of allylic oxidation sites excluding steroid dienone is 1. The molecule has 7 aliphatic rings. The van der Waals surface area contributed by atoms with Gasteiger partial charge in [0, 0.05) is 68.7 Å². The molecule has 2 atom stereocenters. The van der Waals surface area contributed by atoms with Crippen LogP contribution in [-0.4, -0.2) is 117 Å². The van der Waals surface area contributed by atoms with Gasteiger partial charge in [0.2, 0.25) is 11.8 Å². The molecule has 0 radical (unpaired) electrons. The molecule has 56 heavy (non-hydrogen) atoms. The van der Waals surface area contributed by atoms with Crippen LogP contribution in [0.4, 0.5) is 11.4 Å². The number of benzene rings is 1. The monoisotopic (exact) mass is 793 g/mol. The van der Waals surface area contributed by atoms with Crippen molar-refractivity contribution in [3.63, 3.8) is 0 Å². The molecule has 1 aromatic heterocycles. The van der Waals surface area contributed by atoms with E-state index in [2.05, 4.69) is 49.3 Å². The summed E-state index contributed by atoms with van der Waals surface area (Å²) in [5, 5.41) is 12.3. The number of rotatable bonds is 7. The second-order valence-corrected chi connectivity index (χ2v) is 16.9. The van der Waals surface area contributed by atoms with Crippen LogP contribution in [-0.2, 0) is 20.9 Å². The van der Waals surface area contributed by atoms with Crippen molar-refractivity contribution in [2.75, 3.05) is 55.6 Å². The smallest absolute Gasteiger partial charge is 0.259 e. The van der Waals surface area contributed by atoms with E-state index in [9.17, 15) is 24.4 Å². The predicted octanol–water partition coefficient (Wildman–Crippen LogP) is 3.97. The second-order valence-electron chi connectivity index (χ2n) is 16.1. The van der Waals surface area contributed by atoms with Crippen LogP contribution in [0, 0.1) is 17.2 Å². The summed E-state index contributed by atoms with van der Waals surface area (Å²) in [6, 6.07) is 9.36. The minimum absolute atomic E-state index is 0.0592. The van der Waals surface area contributed by atoms with Crippen LogP contribution in [0.1, 0.15) is 73.0 Å². The predicted molar refractivity (Wildman–Crippen MR) is 214 cm³/mol. The summed E-state index contributed by atoms with van der Waals surface area (Å²) in [5.41, 5.74) is 3.51. The third kappa shape index (κ3) is 6.38. The number of piperazine rings is 1. The molecule has 1 spiro atoms. The number of likely N-dealkylation sites (tertiary alicyclic amines) is 1. The summed E-state index contributed by atoms with van der Waals surface area (Å²) < 4.78 is 0. The number of pyridine rings is 1. The zero-order chi connectivity index (χ0) is 38.7. The van der Waals surface area contributed by atoms with Gasteiger partial charge >= 0.3 is 0 Å². The highest BCUT2D eigenvalue weighted by Gasteiger charge is 2.60. The summed E-state index contributed by atoms with van der Waals surface area (Å²) in [6.45, 7) is 7.32. The number of fused-ring (bicyclic) bond motifs is 1. The van der Waals surface area contributed by atoms with Gasteiger partial charge in [-0.3, -0.25) is 39.2 Å². The molecule has 9 rings (SSSR count). The minimum Gasteiger partial charge on any atom is -0.369 e. The first-order valence-corrected chi connectivity index (χ1v) is 20.5. The molecule has 290 valence electrons. The number of hydrogen-bond donors (Lipinski definition) is 1. The summed E-state index contributed by atoms with van der Waals surface area (Å²) in [4.78, 5) is 68.2. The molecule has 1 aromatic carbocycles. The number of aromatic nitrogens is 1. The number of imide groups is 1. The topological polar surface area (TPSA) is 136 Å². The Hall–Kier alpha value is -4.68. The first-order valence-electron chi connectivity index (χ1n) is 19.8. The molecule has 2 aliphatic carbocycles. The van der Waals surface area contributed by atoms with Crippen molar-refractivity contribution in [2.24, 2.45) is 5.92 Å². The molecule has 0 bridgehead atoms. The molecule has 5 fully saturated rings. The van der Waals surface area contributed by atoms with Crippen LogP contribution in [0.5, 0.6) is 0 Å². The standard InChI is InChI=1S/C41H44ClN9O4S/c42-33-21-31(23-44-34(33)22-43)50-39(55)41(12-1-13-41)51(40(50)56)29-6-4-28(5-7-29)47-14-10-26(11-15-47)24-46-16-18-48(19-17-46)30-3-2-27-25-49(38(54)32(27)20-30)35-8-9-36(52)45-37(35)53/h2-4,6-7,20-21,23,26,28,35H,1,5,8-19,24-25H2,(H,45,52,53). The molecule has 1 N–H and O–H groups in total. The van der Waals surface area contributed by atoms with Crippen molar-refractivity contribution in [1.29, 1.82) is 5.26 Å². The Morgan fingerprint density at radius 2 is 1.79 bits per heavy atom. The van der Waals surface area contributed by atoms with E-state index in [1.54, 1.807) is 11.0 Å². The van der Waals surface area contributed by atoms with Gasteiger partial charge in [-0.15, -0.1) is 0 Å². The van der Waals surface area contributed by atoms with Crippen LogP contribution in [0.3, 0.4) is 0 Å². The highest BCUT2D eigenvalue weighted by molar-refractivity contribution is 7.80. The quantitative estimate of drug-likeness (QED) is 0.322. The largest absolute Gasteiger partial charge is 0.369 e. The van der Waals surface area contributed by atoms with Crippen molar-refractivity contribution in [3.8, 4) is 6.07 Å². The number of nitriles is 1. The zero-order valence-electron chi connectivity index (χ0n) is 31.2. The first-order chi connectivity index (χ1) is 27.1. The van der Waals surface area contributed by atoms with Crippen LogP contribution < -0.4 is 15.1 Å². The fourth-order valence-electron chi connectivity index (χ4n) is 9.64. The molecule has 2 unspecified atom stereocenters. The molecule has 13 nitrogen and oxygen atoms in total. The Bertz CT molecular complexity index is 2110. The number of nitrogens with one attached hydrogen (secondary N) is 1. The Balaban J connectivity index is 0.754. The van der Waals surface area contributed by atoms with Gasteiger partial charge in [0.25, 0.3) is 11.8 Å². The number of amides is 4. The summed E-state index contributed by atoms with van der Waals surface area (Å²) in [6.07, 6.45) is 14.4. The van der Waals surface area contributed by atoms with Gasteiger partial charge in [-0.2, -0.15) is 5.26 Å². The second kappa shape index (κ2) is 14.7. The number of halogens is 1. The van der Waals surface area contributed by atoms with E-state index in [4.69, 9.17) is 23.8 Å². The van der Waals surface area contributed by atoms with Gasteiger partial charge < -0.3 is 14.7 Å². The molecule has 4 saturated heterocycles. The van der Waals surface area contributed by atoms with Gasteiger partial charge in [0.15, 0.2) is 10.8 Å². The van der Waals surface area contributed by atoms with E-state index in [1.165, 1.54) is 11.1 Å².